The normalized spacial score (nSPS) is 17.0. The molecule has 3 aromatic rings. The average molecular weight is 444 g/mol. The molecule has 0 unspecified atom stereocenters. The molecule has 0 N–H and O–H groups in total. The Bertz CT molecular complexity index is 1140. The van der Waals surface area contributed by atoms with Gasteiger partial charge in [-0.3, -0.25) is 14.5 Å². The quantitative estimate of drug-likeness (QED) is 0.617. The van der Waals surface area contributed by atoms with Gasteiger partial charge in [-0.1, -0.05) is 48.5 Å². The van der Waals surface area contributed by atoms with E-state index in [4.69, 9.17) is 0 Å². The molecule has 0 spiro atoms. The van der Waals surface area contributed by atoms with Crippen LogP contribution in [-0.4, -0.2) is 71.8 Å². The van der Waals surface area contributed by atoms with Gasteiger partial charge in [0.1, 0.15) is 5.82 Å². The van der Waals surface area contributed by atoms with Crippen LogP contribution in [0.1, 0.15) is 20.7 Å². The number of benzene rings is 3. The molecule has 0 aliphatic carbocycles. The first-order chi connectivity index (χ1) is 16.1. The van der Waals surface area contributed by atoms with E-state index in [1.807, 2.05) is 47.4 Å². The summed E-state index contributed by atoms with van der Waals surface area (Å²) in [5, 5.41) is 0. The Hall–Kier alpha value is -3.51. The highest BCUT2D eigenvalue weighted by Gasteiger charge is 2.37. The predicted molar refractivity (Wildman–Crippen MR) is 125 cm³/mol. The van der Waals surface area contributed by atoms with Gasteiger partial charge in [0.05, 0.1) is 0 Å². The highest BCUT2D eigenvalue weighted by atomic mass is 19.1. The van der Waals surface area contributed by atoms with Crippen molar-refractivity contribution in [3.05, 3.63) is 95.8 Å². The van der Waals surface area contributed by atoms with E-state index in [0.29, 0.717) is 43.3 Å². The second kappa shape index (κ2) is 9.16. The average Bonchev–Trinajstić information content (AvgIpc) is 2.84. The van der Waals surface area contributed by atoms with Crippen LogP contribution in [0, 0.1) is 5.82 Å². The Morgan fingerprint density at radius 1 is 0.667 bits per heavy atom. The largest absolute Gasteiger partial charge is 0.336 e. The smallest absolute Gasteiger partial charge is 0.254 e. The second-order valence-corrected chi connectivity index (χ2v) is 8.65. The maximum absolute atomic E-state index is 13.4. The van der Waals surface area contributed by atoms with Gasteiger partial charge in [0.25, 0.3) is 11.8 Å². The van der Waals surface area contributed by atoms with Crippen LogP contribution in [-0.2, 0) is 0 Å². The first-order valence-corrected chi connectivity index (χ1v) is 11.3. The highest BCUT2D eigenvalue weighted by Crippen LogP contribution is 2.22. The van der Waals surface area contributed by atoms with Crippen molar-refractivity contribution in [3.63, 3.8) is 0 Å². The maximum Gasteiger partial charge on any atom is 0.254 e. The van der Waals surface area contributed by atoms with Gasteiger partial charge < -0.3 is 9.80 Å². The predicted octanol–water partition coefficient (Wildman–Crippen LogP) is 3.78. The molecule has 0 radical (unpaired) electrons. The zero-order chi connectivity index (χ0) is 22.8. The minimum atomic E-state index is -0.395. The van der Waals surface area contributed by atoms with E-state index < -0.39 is 5.82 Å². The monoisotopic (exact) mass is 443 g/mol. The molecule has 6 heteroatoms. The number of nitrogens with zero attached hydrogens (tertiary/aromatic N) is 3. The molecule has 2 fully saturated rings. The van der Waals surface area contributed by atoms with E-state index in [-0.39, 0.29) is 11.8 Å². The van der Waals surface area contributed by atoms with Crippen molar-refractivity contribution in [1.82, 2.24) is 14.7 Å². The summed E-state index contributed by atoms with van der Waals surface area (Å²) >= 11 is 0. The molecule has 0 saturated carbocycles. The Balaban J connectivity index is 1.12. The first kappa shape index (κ1) is 21.3. The molecule has 0 bridgehead atoms. The van der Waals surface area contributed by atoms with Crippen molar-refractivity contribution in [2.24, 2.45) is 0 Å². The fraction of sp³-hybridized carbons (Fsp3) is 0.259. The number of likely N-dealkylation sites (tertiary alicyclic amines) is 1. The Kier molecular flexibility index (Phi) is 5.92. The molecule has 2 heterocycles. The minimum Gasteiger partial charge on any atom is -0.336 e. The lowest BCUT2D eigenvalue weighted by Gasteiger charge is -2.48. The summed E-state index contributed by atoms with van der Waals surface area (Å²) in [4.78, 5) is 31.5. The highest BCUT2D eigenvalue weighted by molar-refractivity contribution is 5.95. The SMILES string of the molecule is O=C(c1ccc(-c2ccccc2)cc1)N1CCN(C2CN(C(=O)c3cccc(F)c3)C2)CC1. The van der Waals surface area contributed by atoms with Gasteiger partial charge in [-0.15, -0.1) is 0 Å². The molecule has 0 atom stereocenters. The van der Waals surface area contributed by atoms with Crippen LogP contribution in [0.15, 0.2) is 78.9 Å². The van der Waals surface area contributed by atoms with Crippen LogP contribution in [0.25, 0.3) is 11.1 Å². The molecule has 2 aliphatic rings. The summed E-state index contributed by atoms with van der Waals surface area (Å²) in [5.41, 5.74) is 3.33. The van der Waals surface area contributed by atoms with Crippen molar-refractivity contribution in [2.45, 2.75) is 6.04 Å². The Morgan fingerprint density at radius 2 is 1.30 bits per heavy atom. The van der Waals surface area contributed by atoms with Crippen molar-refractivity contribution >= 4 is 11.8 Å². The third kappa shape index (κ3) is 4.52. The number of amides is 2. The van der Waals surface area contributed by atoms with Crippen LogP contribution < -0.4 is 0 Å². The number of hydrogen-bond donors (Lipinski definition) is 0. The minimum absolute atomic E-state index is 0.0609. The van der Waals surface area contributed by atoms with Crippen LogP contribution in [0.4, 0.5) is 4.39 Å². The van der Waals surface area contributed by atoms with Crippen LogP contribution in [0.2, 0.25) is 0 Å². The van der Waals surface area contributed by atoms with Crippen LogP contribution >= 0.6 is 0 Å². The molecule has 168 valence electrons. The molecule has 5 rings (SSSR count). The van der Waals surface area contributed by atoms with Gasteiger partial charge in [-0.05, 0) is 41.5 Å². The van der Waals surface area contributed by atoms with E-state index in [1.165, 1.54) is 12.1 Å². The zero-order valence-electron chi connectivity index (χ0n) is 18.4. The molecule has 2 saturated heterocycles. The summed E-state index contributed by atoms with van der Waals surface area (Å²) in [7, 11) is 0. The molecular formula is C27H26FN3O2. The number of rotatable bonds is 4. The van der Waals surface area contributed by atoms with Gasteiger partial charge in [-0.25, -0.2) is 4.39 Å². The van der Waals surface area contributed by atoms with E-state index >= 15 is 0 Å². The third-order valence-corrected chi connectivity index (χ3v) is 6.58. The number of carbonyl (C=O) groups is 2. The Morgan fingerprint density at radius 3 is 1.97 bits per heavy atom. The summed E-state index contributed by atoms with van der Waals surface area (Å²) < 4.78 is 13.4. The topological polar surface area (TPSA) is 43.9 Å². The number of hydrogen-bond acceptors (Lipinski definition) is 3. The van der Waals surface area contributed by atoms with Crippen molar-refractivity contribution in [2.75, 3.05) is 39.3 Å². The maximum atomic E-state index is 13.4. The van der Waals surface area contributed by atoms with Crippen molar-refractivity contribution < 1.29 is 14.0 Å². The summed E-state index contributed by atoms with van der Waals surface area (Å²) in [5.74, 6) is -0.460. The third-order valence-electron chi connectivity index (χ3n) is 6.58. The fourth-order valence-corrected chi connectivity index (χ4v) is 4.56. The van der Waals surface area contributed by atoms with Gasteiger partial charge in [0.2, 0.25) is 0 Å². The molecule has 33 heavy (non-hydrogen) atoms. The Labute approximate surface area is 193 Å². The number of piperazine rings is 1. The molecule has 3 aromatic carbocycles. The molecular weight excluding hydrogens is 417 g/mol. The van der Waals surface area contributed by atoms with Crippen molar-refractivity contribution in [1.29, 1.82) is 0 Å². The molecule has 2 amide bonds. The fourth-order valence-electron chi connectivity index (χ4n) is 4.56. The zero-order valence-corrected chi connectivity index (χ0v) is 18.4. The summed E-state index contributed by atoms with van der Waals surface area (Å²) in [6.45, 7) is 4.22. The van der Waals surface area contributed by atoms with E-state index in [1.54, 1.807) is 17.0 Å². The van der Waals surface area contributed by atoms with E-state index in [2.05, 4.69) is 17.0 Å². The lowest BCUT2D eigenvalue weighted by molar-refractivity contribution is 0.00851. The standard InChI is InChI=1S/C27H26FN3O2/c28-24-8-4-7-23(17-24)27(33)31-18-25(19-31)29-13-15-30(16-14-29)26(32)22-11-9-21(10-12-22)20-5-2-1-3-6-20/h1-12,17,25H,13-16,18-19H2. The van der Waals surface area contributed by atoms with E-state index in [0.717, 1.165) is 24.2 Å². The van der Waals surface area contributed by atoms with Crippen LogP contribution in [0.5, 0.6) is 0 Å². The first-order valence-electron chi connectivity index (χ1n) is 11.3. The number of halogens is 1. The summed E-state index contributed by atoms with van der Waals surface area (Å²) in [6, 6.07) is 24.1. The molecule has 2 aliphatic heterocycles. The second-order valence-electron chi connectivity index (χ2n) is 8.65. The lowest BCUT2D eigenvalue weighted by Crippen LogP contribution is -2.64. The van der Waals surface area contributed by atoms with E-state index in [9.17, 15) is 14.0 Å². The number of carbonyl (C=O) groups excluding carboxylic acids is 2. The van der Waals surface area contributed by atoms with Gasteiger partial charge in [-0.2, -0.15) is 0 Å². The molecule has 5 nitrogen and oxygen atoms in total. The van der Waals surface area contributed by atoms with Crippen molar-refractivity contribution in [3.8, 4) is 11.1 Å². The molecule has 0 aromatic heterocycles. The van der Waals surface area contributed by atoms with Gasteiger partial charge in [0.15, 0.2) is 0 Å². The van der Waals surface area contributed by atoms with Crippen LogP contribution in [0.3, 0.4) is 0 Å². The lowest BCUT2D eigenvalue weighted by atomic mass is 10.0. The van der Waals surface area contributed by atoms with Gasteiger partial charge in [0, 0.05) is 56.4 Å². The van der Waals surface area contributed by atoms with Gasteiger partial charge >= 0.3 is 0 Å². The summed E-state index contributed by atoms with van der Waals surface area (Å²) in [6.07, 6.45) is 0.